The molecule has 0 bridgehead atoms. The Morgan fingerprint density at radius 2 is 2.14 bits per heavy atom. The van der Waals surface area contributed by atoms with Crippen molar-refractivity contribution >= 4 is 5.91 Å². The largest absolute Gasteiger partial charge is 0.353 e. The van der Waals surface area contributed by atoms with Crippen molar-refractivity contribution < 1.29 is 9.53 Å². The Hall–Kier alpha value is -0.570. The van der Waals surface area contributed by atoms with E-state index in [1.165, 1.54) is 12.8 Å². The summed E-state index contributed by atoms with van der Waals surface area (Å²) >= 11 is 0. The van der Waals surface area contributed by atoms with Crippen molar-refractivity contribution in [1.29, 1.82) is 0 Å². The summed E-state index contributed by atoms with van der Waals surface area (Å²) in [4.78, 5) is 13.9. The lowest BCUT2D eigenvalue weighted by Crippen LogP contribution is -2.46. The second-order valence-corrected chi connectivity index (χ2v) is 4.98. The zero-order chi connectivity index (χ0) is 9.76. The smallest absolute Gasteiger partial charge is 0.225 e. The summed E-state index contributed by atoms with van der Waals surface area (Å²) in [5.41, 5.74) is -0.174. The highest BCUT2D eigenvalue weighted by Gasteiger charge is 2.56. The molecule has 3 fully saturated rings. The van der Waals surface area contributed by atoms with Gasteiger partial charge in [0.1, 0.15) is 5.72 Å². The number of carbonyl (C=O) groups excluding carboxylic acids is 1. The maximum absolute atomic E-state index is 11.9. The van der Waals surface area contributed by atoms with Crippen LogP contribution < -0.4 is 0 Å². The molecule has 0 aromatic heterocycles. The Morgan fingerprint density at radius 3 is 2.86 bits per heavy atom. The summed E-state index contributed by atoms with van der Waals surface area (Å²) in [5, 5.41) is 0. The van der Waals surface area contributed by atoms with Gasteiger partial charge in [0.15, 0.2) is 0 Å². The van der Waals surface area contributed by atoms with E-state index in [1.54, 1.807) is 0 Å². The van der Waals surface area contributed by atoms with Crippen LogP contribution in [0.15, 0.2) is 0 Å². The van der Waals surface area contributed by atoms with Gasteiger partial charge in [0.05, 0.1) is 12.6 Å². The molecule has 0 unspecified atom stereocenters. The average Bonchev–Trinajstić information content (AvgIpc) is 2.79. The standard InChI is InChI=1S/C11H17NO2/c1-8-6-10(13)12-9(8)7-14-11(12)4-2-3-5-11/h8-9H,2-7H2,1H3/t8-,9-/m1/s1. The van der Waals surface area contributed by atoms with E-state index in [0.717, 1.165) is 25.9 Å². The van der Waals surface area contributed by atoms with Crippen LogP contribution in [0.25, 0.3) is 0 Å². The summed E-state index contributed by atoms with van der Waals surface area (Å²) in [5.74, 6) is 0.810. The number of carbonyl (C=O) groups is 1. The predicted molar refractivity (Wildman–Crippen MR) is 51.6 cm³/mol. The second-order valence-electron chi connectivity index (χ2n) is 4.98. The molecule has 1 saturated carbocycles. The Labute approximate surface area is 84.4 Å². The monoisotopic (exact) mass is 195 g/mol. The molecule has 2 saturated heterocycles. The zero-order valence-electron chi connectivity index (χ0n) is 8.66. The van der Waals surface area contributed by atoms with Gasteiger partial charge in [0.2, 0.25) is 5.91 Å². The Bertz CT molecular complexity index is 270. The molecule has 0 radical (unpaired) electrons. The highest BCUT2D eigenvalue weighted by atomic mass is 16.5. The molecule has 0 aromatic rings. The van der Waals surface area contributed by atoms with Gasteiger partial charge in [-0.2, -0.15) is 0 Å². The van der Waals surface area contributed by atoms with Crippen LogP contribution in [0.3, 0.4) is 0 Å². The molecule has 0 aromatic carbocycles. The van der Waals surface area contributed by atoms with Crippen LogP contribution in [0.5, 0.6) is 0 Å². The van der Waals surface area contributed by atoms with Crippen molar-refractivity contribution in [2.24, 2.45) is 5.92 Å². The van der Waals surface area contributed by atoms with E-state index in [2.05, 4.69) is 11.8 Å². The fourth-order valence-corrected chi connectivity index (χ4v) is 3.34. The summed E-state index contributed by atoms with van der Waals surface area (Å²) < 4.78 is 5.91. The topological polar surface area (TPSA) is 29.5 Å². The first-order chi connectivity index (χ1) is 6.73. The maximum Gasteiger partial charge on any atom is 0.225 e. The van der Waals surface area contributed by atoms with Crippen LogP contribution >= 0.6 is 0 Å². The molecule has 3 rings (SSSR count). The Balaban J connectivity index is 1.93. The van der Waals surface area contributed by atoms with E-state index in [-0.39, 0.29) is 5.72 Å². The number of rotatable bonds is 0. The van der Waals surface area contributed by atoms with Gasteiger partial charge in [0.25, 0.3) is 0 Å². The number of ether oxygens (including phenoxy) is 1. The first-order valence-corrected chi connectivity index (χ1v) is 5.69. The second kappa shape index (κ2) is 2.72. The number of hydrogen-bond donors (Lipinski definition) is 0. The normalized spacial score (nSPS) is 39.8. The summed E-state index contributed by atoms with van der Waals surface area (Å²) in [6, 6.07) is 0.376. The van der Waals surface area contributed by atoms with E-state index < -0.39 is 0 Å². The third kappa shape index (κ3) is 0.937. The lowest BCUT2D eigenvalue weighted by atomic mass is 10.0. The van der Waals surface area contributed by atoms with Crippen LogP contribution in [-0.4, -0.2) is 29.2 Å². The highest BCUT2D eigenvalue weighted by Crippen LogP contribution is 2.46. The van der Waals surface area contributed by atoms with Gasteiger partial charge in [-0.1, -0.05) is 6.92 Å². The minimum atomic E-state index is -0.174. The first kappa shape index (κ1) is 8.72. The fourth-order valence-electron chi connectivity index (χ4n) is 3.34. The molecular weight excluding hydrogens is 178 g/mol. The van der Waals surface area contributed by atoms with Crippen molar-refractivity contribution in [3.63, 3.8) is 0 Å². The third-order valence-corrected chi connectivity index (χ3v) is 4.10. The molecular formula is C11H17NO2. The highest BCUT2D eigenvalue weighted by molar-refractivity contribution is 5.80. The van der Waals surface area contributed by atoms with E-state index in [9.17, 15) is 4.79 Å². The van der Waals surface area contributed by atoms with Crippen molar-refractivity contribution in [3.8, 4) is 0 Å². The van der Waals surface area contributed by atoms with Crippen molar-refractivity contribution in [1.82, 2.24) is 4.90 Å². The summed E-state index contributed by atoms with van der Waals surface area (Å²) in [6.45, 7) is 2.94. The molecule has 3 nitrogen and oxygen atoms in total. The molecule has 3 aliphatic rings. The van der Waals surface area contributed by atoms with Crippen molar-refractivity contribution in [2.75, 3.05) is 6.61 Å². The minimum Gasteiger partial charge on any atom is -0.353 e. The van der Waals surface area contributed by atoms with Crippen molar-refractivity contribution in [3.05, 3.63) is 0 Å². The number of hydrogen-bond acceptors (Lipinski definition) is 2. The Kier molecular flexibility index (Phi) is 1.69. The molecule has 1 aliphatic carbocycles. The van der Waals surface area contributed by atoms with E-state index in [0.29, 0.717) is 17.9 Å². The SMILES string of the molecule is C[C@@H]1CC(=O)N2[C@@H]1COC21CCCC1. The summed E-state index contributed by atoms with van der Waals surface area (Å²) in [6.07, 6.45) is 5.27. The lowest BCUT2D eigenvalue weighted by molar-refractivity contribution is -0.145. The quantitative estimate of drug-likeness (QED) is 0.586. The number of nitrogens with zero attached hydrogens (tertiary/aromatic N) is 1. The third-order valence-electron chi connectivity index (χ3n) is 4.10. The van der Waals surface area contributed by atoms with E-state index in [4.69, 9.17) is 4.74 Å². The molecule has 14 heavy (non-hydrogen) atoms. The molecule has 2 aliphatic heterocycles. The number of fused-ring (bicyclic) bond motifs is 2. The van der Waals surface area contributed by atoms with Crippen molar-refractivity contribution in [2.45, 2.75) is 50.8 Å². The van der Waals surface area contributed by atoms with Crippen LogP contribution in [0.1, 0.15) is 39.0 Å². The minimum absolute atomic E-state index is 0.174. The molecule has 2 heterocycles. The summed E-state index contributed by atoms with van der Waals surface area (Å²) in [7, 11) is 0. The molecule has 3 heteroatoms. The molecule has 0 N–H and O–H groups in total. The van der Waals surface area contributed by atoms with Gasteiger partial charge in [-0.3, -0.25) is 4.79 Å². The molecule has 1 spiro atoms. The van der Waals surface area contributed by atoms with E-state index >= 15 is 0 Å². The van der Waals surface area contributed by atoms with Crippen LogP contribution in [-0.2, 0) is 9.53 Å². The lowest BCUT2D eigenvalue weighted by Gasteiger charge is -2.33. The zero-order valence-corrected chi connectivity index (χ0v) is 8.66. The first-order valence-electron chi connectivity index (χ1n) is 5.69. The van der Waals surface area contributed by atoms with Gasteiger partial charge in [-0.05, 0) is 31.6 Å². The van der Waals surface area contributed by atoms with Gasteiger partial charge in [0, 0.05) is 6.42 Å². The van der Waals surface area contributed by atoms with Crippen LogP contribution in [0.4, 0.5) is 0 Å². The van der Waals surface area contributed by atoms with Gasteiger partial charge < -0.3 is 9.64 Å². The van der Waals surface area contributed by atoms with Gasteiger partial charge in [-0.25, -0.2) is 0 Å². The predicted octanol–water partition coefficient (Wildman–Crippen LogP) is 1.52. The molecule has 78 valence electrons. The van der Waals surface area contributed by atoms with Gasteiger partial charge >= 0.3 is 0 Å². The molecule has 1 amide bonds. The number of amides is 1. The van der Waals surface area contributed by atoms with E-state index in [1.807, 2.05) is 0 Å². The van der Waals surface area contributed by atoms with Gasteiger partial charge in [-0.15, -0.1) is 0 Å². The average molecular weight is 195 g/mol. The molecule has 2 atom stereocenters. The Morgan fingerprint density at radius 1 is 1.43 bits per heavy atom. The van der Waals surface area contributed by atoms with Crippen LogP contribution in [0, 0.1) is 5.92 Å². The maximum atomic E-state index is 11.9. The van der Waals surface area contributed by atoms with Crippen LogP contribution in [0.2, 0.25) is 0 Å². The fraction of sp³-hybridized carbons (Fsp3) is 0.909.